The number of fused-ring (bicyclic) bond motifs is 1. The summed E-state index contributed by atoms with van der Waals surface area (Å²) in [5.74, 6) is -0.403. The van der Waals surface area contributed by atoms with Crippen molar-refractivity contribution in [3.8, 4) is 0 Å². The van der Waals surface area contributed by atoms with Crippen LogP contribution in [-0.4, -0.2) is 23.0 Å². The van der Waals surface area contributed by atoms with E-state index >= 15 is 0 Å². The molecular formula is C16H13Cl2N3O2. The summed E-state index contributed by atoms with van der Waals surface area (Å²) in [5, 5.41) is 3.24. The number of carbonyl (C=O) groups excluding carboxylic acids is 1. The molecule has 1 unspecified atom stereocenters. The lowest BCUT2D eigenvalue weighted by Gasteiger charge is -2.32. The summed E-state index contributed by atoms with van der Waals surface area (Å²) in [7, 11) is 1.47. The number of aromatic nitrogens is 2. The summed E-state index contributed by atoms with van der Waals surface area (Å²) in [6.07, 6.45) is 8.73. The van der Waals surface area contributed by atoms with Crippen molar-refractivity contribution in [3.63, 3.8) is 0 Å². The molecule has 1 amide bonds. The Labute approximate surface area is 143 Å². The van der Waals surface area contributed by atoms with E-state index in [0.29, 0.717) is 17.7 Å². The topological polar surface area (TPSA) is 64.1 Å². The lowest BCUT2D eigenvalue weighted by atomic mass is 9.85. The van der Waals surface area contributed by atoms with Crippen LogP contribution in [0.2, 0.25) is 10.0 Å². The molecule has 0 bridgehead atoms. The molecule has 0 aromatic carbocycles. The number of nitrogens with zero attached hydrogens (tertiary/aromatic N) is 2. The second kappa shape index (κ2) is 6.28. The van der Waals surface area contributed by atoms with E-state index in [0.717, 1.165) is 5.69 Å². The average Bonchev–Trinajstić information content (AvgIpc) is 2.57. The summed E-state index contributed by atoms with van der Waals surface area (Å²) in [5.41, 5.74) is 0.509. The van der Waals surface area contributed by atoms with Crippen LogP contribution in [0.15, 0.2) is 42.9 Å². The molecule has 0 saturated heterocycles. The van der Waals surface area contributed by atoms with Crippen LogP contribution in [0.3, 0.4) is 0 Å². The maximum atomic E-state index is 12.9. The van der Waals surface area contributed by atoms with E-state index in [4.69, 9.17) is 27.9 Å². The highest BCUT2D eigenvalue weighted by atomic mass is 35.5. The van der Waals surface area contributed by atoms with Crippen molar-refractivity contribution in [1.82, 2.24) is 9.97 Å². The van der Waals surface area contributed by atoms with Crippen molar-refractivity contribution < 1.29 is 9.53 Å². The molecule has 0 radical (unpaired) electrons. The number of amides is 1. The Morgan fingerprint density at radius 1 is 1.35 bits per heavy atom. The Bertz CT molecular complexity index is 774. The fourth-order valence-electron chi connectivity index (χ4n) is 2.57. The normalized spacial score (nSPS) is 19.3. The molecule has 2 heterocycles. The number of ether oxygens (including phenoxy) is 1. The third-order valence-electron chi connectivity index (χ3n) is 3.71. The summed E-state index contributed by atoms with van der Waals surface area (Å²) >= 11 is 12.1. The number of methoxy groups -OCH3 is 1. The molecular weight excluding hydrogens is 337 g/mol. The monoisotopic (exact) mass is 349 g/mol. The highest BCUT2D eigenvalue weighted by Gasteiger charge is 2.42. The van der Waals surface area contributed by atoms with Gasteiger partial charge in [-0.2, -0.15) is 0 Å². The molecule has 2 aromatic heterocycles. The maximum absolute atomic E-state index is 12.9. The van der Waals surface area contributed by atoms with Gasteiger partial charge in [0, 0.05) is 37.7 Å². The first-order valence-corrected chi connectivity index (χ1v) is 7.62. The lowest BCUT2D eigenvalue weighted by molar-refractivity contribution is -0.133. The quantitative estimate of drug-likeness (QED) is 0.862. The first-order valence-electron chi connectivity index (χ1n) is 6.86. The number of hydrogen-bond acceptors (Lipinski definition) is 4. The average molecular weight is 350 g/mol. The van der Waals surface area contributed by atoms with E-state index in [1.165, 1.54) is 19.5 Å². The van der Waals surface area contributed by atoms with Gasteiger partial charge < -0.3 is 10.1 Å². The van der Waals surface area contributed by atoms with Gasteiger partial charge >= 0.3 is 0 Å². The van der Waals surface area contributed by atoms with Gasteiger partial charge in [-0.15, -0.1) is 0 Å². The Hall–Kier alpha value is -1.95. The molecule has 1 atom stereocenters. The van der Waals surface area contributed by atoms with Gasteiger partial charge in [0.05, 0.1) is 21.4 Å². The van der Waals surface area contributed by atoms with Crippen LogP contribution in [0.25, 0.3) is 0 Å². The lowest BCUT2D eigenvalue weighted by Crippen LogP contribution is -2.42. The van der Waals surface area contributed by atoms with Crippen LogP contribution in [-0.2, 0) is 21.6 Å². The van der Waals surface area contributed by atoms with Gasteiger partial charge in [-0.1, -0.05) is 35.3 Å². The van der Waals surface area contributed by atoms with Crippen molar-refractivity contribution in [3.05, 3.63) is 64.2 Å². The number of nitrogens with one attached hydrogen (secondary N) is 1. The first kappa shape index (κ1) is 15.9. The van der Waals surface area contributed by atoms with Gasteiger partial charge in [0.25, 0.3) is 5.91 Å². The smallest absolute Gasteiger partial charge is 0.265 e. The third kappa shape index (κ3) is 2.72. The van der Waals surface area contributed by atoms with Crippen molar-refractivity contribution in [2.24, 2.45) is 0 Å². The van der Waals surface area contributed by atoms with Gasteiger partial charge in [-0.25, -0.2) is 0 Å². The molecule has 2 aromatic rings. The van der Waals surface area contributed by atoms with Crippen LogP contribution in [0, 0.1) is 0 Å². The zero-order valence-corrected chi connectivity index (χ0v) is 13.7. The first-order chi connectivity index (χ1) is 11.1. The van der Waals surface area contributed by atoms with E-state index in [9.17, 15) is 4.79 Å². The van der Waals surface area contributed by atoms with Gasteiger partial charge in [0.2, 0.25) is 0 Å². The standard InChI is InChI=1S/C16H13Cl2N3O2/c1-23-16(6-2-5-13-10(16)4-3-7-20-13)15(22)21-14-11(17)8-19-9-12(14)18/h2-4,6-9H,5H2,1H3,(H,19,21,22). The molecule has 0 saturated carbocycles. The second-order valence-corrected chi connectivity index (χ2v) is 5.79. The van der Waals surface area contributed by atoms with Crippen LogP contribution in [0.4, 0.5) is 5.69 Å². The van der Waals surface area contributed by atoms with Crippen LogP contribution in [0.5, 0.6) is 0 Å². The van der Waals surface area contributed by atoms with E-state index < -0.39 is 11.5 Å². The Kier molecular flexibility index (Phi) is 4.35. The molecule has 1 aliphatic carbocycles. The van der Waals surface area contributed by atoms with Gasteiger partial charge in [0.15, 0.2) is 5.60 Å². The molecule has 5 nitrogen and oxygen atoms in total. The van der Waals surface area contributed by atoms with Gasteiger partial charge in [0.1, 0.15) is 0 Å². The molecule has 0 spiro atoms. The van der Waals surface area contributed by atoms with E-state index in [2.05, 4.69) is 15.3 Å². The molecule has 7 heteroatoms. The zero-order valence-electron chi connectivity index (χ0n) is 12.2. The van der Waals surface area contributed by atoms with Gasteiger partial charge in [-0.05, 0) is 12.1 Å². The summed E-state index contributed by atoms with van der Waals surface area (Å²) in [6, 6.07) is 3.59. The van der Waals surface area contributed by atoms with Gasteiger partial charge in [-0.3, -0.25) is 14.8 Å². The summed E-state index contributed by atoms with van der Waals surface area (Å²) in [6.45, 7) is 0. The zero-order chi connectivity index (χ0) is 16.4. The Balaban J connectivity index is 2.03. The predicted molar refractivity (Wildman–Crippen MR) is 88.7 cm³/mol. The molecule has 0 aliphatic heterocycles. The van der Waals surface area contributed by atoms with Crippen LogP contribution >= 0.6 is 23.2 Å². The Morgan fingerprint density at radius 2 is 2.09 bits per heavy atom. The van der Waals surface area contributed by atoms with Crippen LogP contribution in [0.1, 0.15) is 11.3 Å². The van der Waals surface area contributed by atoms with Crippen LogP contribution < -0.4 is 5.32 Å². The van der Waals surface area contributed by atoms with E-state index in [1.807, 2.05) is 12.1 Å². The number of rotatable bonds is 3. The number of hydrogen-bond donors (Lipinski definition) is 1. The molecule has 118 valence electrons. The Morgan fingerprint density at radius 3 is 2.78 bits per heavy atom. The summed E-state index contributed by atoms with van der Waals surface area (Å²) < 4.78 is 5.58. The van der Waals surface area contributed by atoms with Crippen molar-refractivity contribution in [2.75, 3.05) is 12.4 Å². The highest BCUT2D eigenvalue weighted by Crippen LogP contribution is 2.36. The number of anilines is 1. The van der Waals surface area contributed by atoms with Crippen molar-refractivity contribution in [2.45, 2.75) is 12.0 Å². The second-order valence-electron chi connectivity index (χ2n) is 4.98. The highest BCUT2D eigenvalue weighted by molar-refractivity contribution is 6.39. The molecule has 1 N–H and O–H groups in total. The minimum atomic E-state index is -1.28. The largest absolute Gasteiger partial charge is 0.360 e. The number of allylic oxidation sites excluding steroid dienone is 1. The molecule has 3 rings (SSSR count). The van der Waals surface area contributed by atoms with Crippen molar-refractivity contribution in [1.29, 1.82) is 0 Å². The number of carbonyl (C=O) groups is 1. The van der Waals surface area contributed by atoms with E-state index in [-0.39, 0.29) is 10.0 Å². The predicted octanol–water partition coefficient (Wildman–Crippen LogP) is 3.38. The fourth-order valence-corrected chi connectivity index (χ4v) is 3.03. The molecule has 23 heavy (non-hydrogen) atoms. The van der Waals surface area contributed by atoms with E-state index in [1.54, 1.807) is 18.3 Å². The SMILES string of the molecule is COC1(C(=O)Nc2c(Cl)cncc2Cl)C=CCc2ncccc21. The molecule has 0 fully saturated rings. The summed E-state index contributed by atoms with van der Waals surface area (Å²) in [4.78, 5) is 21.1. The maximum Gasteiger partial charge on any atom is 0.265 e. The minimum Gasteiger partial charge on any atom is -0.360 e. The fraction of sp³-hybridized carbons (Fsp3) is 0.188. The third-order valence-corrected chi connectivity index (χ3v) is 4.28. The molecule has 1 aliphatic rings. The van der Waals surface area contributed by atoms with Crippen molar-refractivity contribution >= 4 is 34.8 Å². The number of halogens is 2. The number of pyridine rings is 2. The minimum absolute atomic E-state index is 0.253.